The van der Waals surface area contributed by atoms with Gasteiger partial charge in [-0.15, -0.1) is 23.5 Å². The Hall–Kier alpha value is 0.170. The first-order chi connectivity index (χ1) is 6.84. The molecule has 0 aromatic heterocycles. The third-order valence-electron chi connectivity index (χ3n) is 2.67. The fraction of sp³-hybridized carbons (Fsp3) is 0.900. The second-order valence-corrected chi connectivity index (χ2v) is 6.76. The van der Waals surface area contributed by atoms with Crippen LogP contribution < -0.4 is 0 Å². The first kappa shape index (κ1) is 10.7. The minimum atomic E-state index is 0.00654. The molecule has 2 rings (SSSR count). The average Bonchev–Trinajstić information content (AvgIpc) is 2.19. The van der Waals surface area contributed by atoms with Gasteiger partial charge in [-0.2, -0.15) is 0 Å². The molecule has 2 aliphatic rings. The van der Waals surface area contributed by atoms with Gasteiger partial charge in [0.05, 0.1) is 11.2 Å². The number of ether oxygens (including phenoxy) is 1. The SMILES string of the molecule is O=C1C[C@H](CC2SCCCS2)CCO1. The molecule has 2 heterocycles. The maximum absolute atomic E-state index is 11.1. The molecule has 0 radical (unpaired) electrons. The highest BCUT2D eigenvalue weighted by molar-refractivity contribution is 8.17. The summed E-state index contributed by atoms with van der Waals surface area (Å²) >= 11 is 4.14. The zero-order valence-corrected chi connectivity index (χ0v) is 9.87. The number of hydrogen-bond donors (Lipinski definition) is 0. The second-order valence-electron chi connectivity index (χ2n) is 3.84. The smallest absolute Gasteiger partial charge is 0.306 e. The van der Waals surface area contributed by atoms with E-state index in [0.29, 0.717) is 18.9 Å². The first-order valence-corrected chi connectivity index (χ1v) is 7.33. The zero-order valence-electron chi connectivity index (χ0n) is 8.24. The molecule has 0 amide bonds. The molecule has 0 aromatic carbocycles. The summed E-state index contributed by atoms with van der Waals surface area (Å²) in [6.07, 6.45) is 4.27. The second kappa shape index (κ2) is 5.31. The highest BCUT2D eigenvalue weighted by Gasteiger charge is 2.25. The van der Waals surface area contributed by atoms with Gasteiger partial charge < -0.3 is 4.74 Å². The van der Waals surface area contributed by atoms with Crippen molar-refractivity contribution in [1.29, 1.82) is 0 Å². The van der Waals surface area contributed by atoms with Crippen LogP contribution in [-0.2, 0) is 9.53 Å². The highest BCUT2D eigenvalue weighted by atomic mass is 32.2. The van der Waals surface area contributed by atoms with Gasteiger partial charge in [0, 0.05) is 6.42 Å². The van der Waals surface area contributed by atoms with E-state index in [4.69, 9.17) is 4.74 Å². The molecule has 0 bridgehead atoms. The van der Waals surface area contributed by atoms with Crippen LogP contribution >= 0.6 is 23.5 Å². The number of esters is 1. The lowest BCUT2D eigenvalue weighted by atomic mass is 9.97. The zero-order chi connectivity index (χ0) is 9.80. The summed E-state index contributed by atoms with van der Waals surface area (Å²) in [5.41, 5.74) is 0. The van der Waals surface area contributed by atoms with Crippen LogP contribution in [0.1, 0.15) is 25.7 Å². The molecule has 14 heavy (non-hydrogen) atoms. The van der Waals surface area contributed by atoms with Gasteiger partial charge in [-0.25, -0.2) is 0 Å². The topological polar surface area (TPSA) is 26.3 Å². The predicted molar refractivity (Wildman–Crippen MR) is 61.6 cm³/mol. The molecule has 2 nitrogen and oxygen atoms in total. The van der Waals surface area contributed by atoms with Crippen LogP contribution in [-0.4, -0.2) is 28.7 Å². The van der Waals surface area contributed by atoms with Crippen LogP contribution in [0.25, 0.3) is 0 Å². The average molecular weight is 232 g/mol. The third kappa shape index (κ3) is 3.09. The monoisotopic (exact) mass is 232 g/mol. The van der Waals surface area contributed by atoms with E-state index in [1.54, 1.807) is 0 Å². The van der Waals surface area contributed by atoms with Crippen molar-refractivity contribution in [1.82, 2.24) is 0 Å². The molecule has 2 aliphatic heterocycles. The summed E-state index contributed by atoms with van der Waals surface area (Å²) in [6.45, 7) is 0.644. The molecule has 0 aromatic rings. The first-order valence-electron chi connectivity index (χ1n) is 5.23. The van der Waals surface area contributed by atoms with E-state index in [-0.39, 0.29) is 5.97 Å². The Kier molecular flexibility index (Phi) is 4.05. The predicted octanol–water partition coefficient (Wildman–Crippen LogP) is 2.53. The van der Waals surface area contributed by atoms with E-state index >= 15 is 0 Å². The molecule has 2 saturated heterocycles. The quantitative estimate of drug-likeness (QED) is 0.683. The molecule has 0 saturated carbocycles. The standard InChI is InChI=1S/C10H16O2S2/c11-9-6-8(2-3-12-9)7-10-13-4-1-5-14-10/h8,10H,1-7H2/t8-/m1/s1. The molecule has 80 valence electrons. The molecule has 0 N–H and O–H groups in total. The summed E-state index contributed by atoms with van der Waals surface area (Å²) in [6, 6.07) is 0. The van der Waals surface area contributed by atoms with Gasteiger partial charge in [0.2, 0.25) is 0 Å². The van der Waals surface area contributed by atoms with Gasteiger partial charge in [-0.1, -0.05) is 0 Å². The van der Waals surface area contributed by atoms with Crippen molar-refractivity contribution in [2.24, 2.45) is 5.92 Å². The maximum Gasteiger partial charge on any atom is 0.306 e. The summed E-state index contributed by atoms with van der Waals surface area (Å²) in [7, 11) is 0. The number of carbonyl (C=O) groups is 1. The van der Waals surface area contributed by atoms with Gasteiger partial charge in [-0.05, 0) is 36.7 Å². The number of hydrogen-bond acceptors (Lipinski definition) is 4. The van der Waals surface area contributed by atoms with Gasteiger partial charge >= 0.3 is 5.97 Å². The van der Waals surface area contributed by atoms with Gasteiger partial charge in [0.1, 0.15) is 0 Å². The van der Waals surface area contributed by atoms with E-state index in [2.05, 4.69) is 23.5 Å². The minimum Gasteiger partial charge on any atom is -0.466 e. The lowest BCUT2D eigenvalue weighted by Crippen LogP contribution is -2.23. The number of carbonyl (C=O) groups excluding carboxylic acids is 1. The van der Waals surface area contributed by atoms with Crippen molar-refractivity contribution in [3.8, 4) is 0 Å². The van der Waals surface area contributed by atoms with E-state index in [1.807, 2.05) is 0 Å². The van der Waals surface area contributed by atoms with Crippen molar-refractivity contribution in [2.45, 2.75) is 30.3 Å². The number of thioether (sulfide) groups is 2. The largest absolute Gasteiger partial charge is 0.466 e. The fourth-order valence-corrected chi connectivity index (χ4v) is 4.99. The lowest BCUT2D eigenvalue weighted by molar-refractivity contribution is -0.149. The Morgan fingerprint density at radius 3 is 2.86 bits per heavy atom. The van der Waals surface area contributed by atoms with E-state index < -0.39 is 0 Å². The van der Waals surface area contributed by atoms with Crippen LogP contribution in [0.4, 0.5) is 0 Å². The molecule has 0 spiro atoms. The van der Waals surface area contributed by atoms with Crippen LogP contribution in [0.3, 0.4) is 0 Å². The normalized spacial score (nSPS) is 30.0. The van der Waals surface area contributed by atoms with Gasteiger partial charge in [0.25, 0.3) is 0 Å². The van der Waals surface area contributed by atoms with E-state index in [9.17, 15) is 4.79 Å². The molecule has 4 heteroatoms. The summed E-state index contributed by atoms with van der Waals surface area (Å²) in [5.74, 6) is 3.19. The number of rotatable bonds is 2. The molecular weight excluding hydrogens is 216 g/mol. The highest BCUT2D eigenvalue weighted by Crippen LogP contribution is 2.37. The summed E-state index contributed by atoms with van der Waals surface area (Å²) < 4.78 is 5.68. The van der Waals surface area contributed by atoms with E-state index in [1.165, 1.54) is 24.3 Å². The Bertz CT molecular complexity index is 202. The Balaban J connectivity index is 1.75. The Morgan fingerprint density at radius 2 is 2.14 bits per heavy atom. The summed E-state index contributed by atoms with van der Waals surface area (Å²) in [5, 5.41) is 0. The number of cyclic esters (lactones) is 1. The lowest BCUT2D eigenvalue weighted by Gasteiger charge is -2.27. The van der Waals surface area contributed by atoms with E-state index in [0.717, 1.165) is 11.0 Å². The van der Waals surface area contributed by atoms with Crippen molar-refractivity contribution in [3.63, 3.8) is 0 Å². The van der Waals surface area contributed by atoms with Crippen LogP contribution in [0, 0.1) is 5.92 Å². The minimum absolute atomic E-state index is 0.00654. The molecular formula is C10H16O2S2. The Labute approximate surface area is 93.5 Å². The molecule has 2 fully saturated rings. The third-order valence-corrected chi connectivity index (χ3v) is 5.66. The summed E-state index contributed by atoms with van der Waals surface area (Å²) in [4.78, 5) is 11.1. The molecule has 0 unspecified atom stereocenters. The van der Waals surface area contributed by atoms with Crippen molar-refractivity contribution < 1.29 is 9.53 Å². The maximum atomic E-state index is 11.1. The molecule has 1 atom stereocenters. The van der Waals surface area contributed by atoms with Gasteiger partial charge in [-0.3, -0.25) is 4.79 Å². The fourth-order valence-electron chi connectivity index (χ4n) is 1.88. The van der Waals surface area contributed by atoms with Crippen molar-refractivity contribution in [3.05, 3.63) is 0 Å². The molecule has 0 aliphatic carbocycles. The van der Waals surface area contributed by atoms with Crippen LogP contribution in [0.5, 0.6) is 0 Å². The van der Waals surface area contributed by atoms with Crippen molar-refractivity contribution in [2.75, 3.05) is 18.1 Å². The van der Waals surface area contributed by atoms with Crippen LogP contribution in [0.15, 0.2) is 0 Å². The van der Waals surface area contributed by atoms with Crippen molar-refractivity contribution >= 4 is 29.5 Å². The van der Waals surface area contributed by atoms with Gasteiger partial charge in [0.15, 0.2) is 0 Å². The Morgan fingerprint density at radius 1 is 1.36 bits per heavy atom. The van der Waals surface area contributed by atoms with Crippen LogP contribution in [0.2, 0.25) is 0 Å².